The van der Waals surface area contributed by atoms with Crippen LogP contribution in [0.25, 0.3) is 32.7 Å². The number of fused-ring (bicyclic) bond motifs is 3. The Hall–Kier alpha value is -4.38. The topological polar surface area (TPSA) is 47.1 Å². The maximum absolute atomic E-state index is 4.70. The van der Waals surface area contributed by atoms with E-state index in [2.05, 4.69) is 106 Å². The lowest BCUT2D eigenvalue weighted by atomic mass is 10.0. The van der Waals surface area contributed by atoms with E-state index in [-0.39, 0.29) is 0 Å². The van der Waals surface area contributed by atoms with Crippen molar-refractivity contribution < 1.29 is 0 Å². The molecule has 1 N–H and O–H groups in total. The first-order chi connectivity index (χ1) is 16.8. The Morgan fingerprint density at radius 2 is 1.56 bits per heavy atom. The van der Waals surface area contributed by atoms with Gasteiger partial charge in [0.25, 0.3) is 0 Å². The average molecular weight is 444 g/mol. The highest BCUT2D eigenvalue weighted by Crippen LogP contribution is 2.25. The first kappa shape index (κ1) is 20.2. The first-order valence-corrected chi connectivity index (χ1v) is 11.6. The van der Waals surface area contributed by atoms with Crippen LogP contribution < -0.4 is 5.43 Å². The van der Waals surface area contributed by atoms with Gasteiger partial charge in [-0.3, -0.25) is 0 Å². The molecule has 5 nitrogen and oxygen atoms in total. The van der Waals surface area contributed by atoms with Crippen molar-refractivity contribution in [1.82, 2.24) is 14.1 Å². The van der Waals surface area contributed by atoms with E-state index in [1.54, 1.807) is 0 Å². The lowest BCUT2D eigenvalue weighted by Gasteiger charge is -2.09. The zero-order valence-corrected chi connectivity index (χ0v) is 19.0. The van der Waals surface area contributed by atoms with Gasteiger partial charge in [0, 0.05) is 35.8 Å². The van der Waals surface area contributed by atoms with E-state index in [9.17, 15) is 0 Å². The summed E-state index contributed by atoms with van der Waals surface area (Å²) in [6, 6.07) is 31.7. The summed E-state index contributed by atoms with van der Waals surface area (Å²) in [7, 11) is 0. The summed E-state index contributed by atoms with van der Waals surface area (Å²) in [4.78, 5) is 4.70. The molecule has 34 heavy (non-hydrogen) atoms. The lowest BCUT2D eigenvalue weighted by molar-refractivity contribution is 0.791. The second kappa shape index (κ2) is 8.52. The first-order valence-electron chi connectivity index (χ1n) is 11.6. The molecule has 0 unspecified atom stereocenters. The van der Waals surface area contributed by atoms with Crippen LogP contribution in [0.5, 0.6) is 0 Å². The van der Waals surface area contributed by atoms with Crippen molar-refractivity contribution in [2.75, 3.05) is 5.43 Å². The second-order valence-corrected chi connectivity index (χ2v) is 8.41. The van der Waals surface area contributed by atoms with E-state index >= 15 is 0 Å². The van der Waals surface area contributed by atoms with E-state index in [4.69, 9.17) is 4.98 Å². The number of hydrogen-bond acceptors (Lipinski definition) is 3. The van der Waals surface area contributed by atoms with Crippen molar-refractivity contribution in [3.05, 3.63) is 108 Å². The number of anilines is 1. The molecule has 0 aliphatic rings. The Balaban J connectivity index is 1.34. The molecule has 0 amide bonds. The molecule has 0 fully saturated rings. The van der Waals surface area contributed by atoms with E-state index in [1.165, 1.54) is 27.2 Å². The van der Waals surface area contributed by atoms with Crippen LogP contribution in [0.15, 0.2) is 102 Å². The van der Waals surface area contributed by atoms with Crippen molar-refractivity contribution in [2.45, 2.75) is 20.0 Å². The van der Waals surface area contributed by atoms with E-state index < -0.39 is 0 Å². The van der Waals surface area contributed by atoms with Crippen molar-refractivity contribution in [2.24, 2.45) is 5.10 Å². The van der Waals surface area contributed by atoms with Gasteiger partial charge in [-0.1, -0.05) is 72.8 Å². The van der Waals surface area contributed by atoms with Crippen LogP contribution in [0.2, 0.25) is 0 Å². The summed E-state index contributed by atoms with van der Waals surface area (Å²) in [5.74, 6) is 0.749. The monoisotopic (exact) mass is 443 g/mol. The van der Waals surface area contributed by atoms with Crippen molar-refractivity contribution >= 4 is 44.9 Å². The van der Waals surface area contributed by atoms with Crippen LogP contribution in [0.4, 0.5) is 5.95 Å². The third-order valence-corrected chi connectivity index (χ3v) is 6.38. The predicted molar refractivity (Wildman–Crippen MR) is 142 cm³/mol. The molecule has 0 saturated heterocycles. The van der Waals surface area contributed by atoms with Crippen molar-refractivity contribution in [3.8, 4) is 0 Å². The minimum absolute atomic E-state index is 0.749. The van der Waals surface area contributed by atoms with Crippen LogP contribution in [-0.4, -0.2) is 20.3 Å². The minimum Gasteiger partial charge on any atom is -0.342 e. The molecule has 0 spiro atoms. The van der Waals surface area contributed by atoms with Crippen LogP contribution in [0.1, 0.15) is 18.1 Å². The van der Waals surface area contributed by atoms with Crippen molar-refractivity contribution in [1.29, 1.82) is 0 Å². The van der Waals surface area contributed by atoms with Crippen LogP contribution >= 0.6 is 0 Å². The number of nitrogens with one attached hydrogen (secondary N) is 1. The number of aromatic nitrogens is 3. The Kier molecular flexibility index (Phi) is 5.07. The number of imidazole rings is 1. The van der Waals surface area contributed by atoms with Gasteiger partial charge >= 0.3 is 0 Å². The van der Waals surface area contributed by atoms with Gasteiger partial charge in [0.15, 0.2) is 0 Å². The molecule has 0 radical (unpaired) electrons. The molecule has 5 heteroatoms. The van der Waals surface area contributed by atoms with Gasteiger partial charge < -0.3 is 9.13 Å². The molecule has 2 heterocycles. The van der Waals surface area contributed by atoms with E-state index in [0.717, 1.165) is 35.6 Å². The highest BCUT2D eigenvalue weighted by Gasteiger charge is 2.10. The quantitative estimate of drug-likeness (QED) is 0.231. The summed E-state index contributed by atoms with van der Waals surface area (Å²) in [5, 5.41) is 8.30. The van der Waals surface area contributed by atoms with E-state index in [1.807, 2.05) is 24.4 Å². The molecule has 0 aliphatic carbocycles. The number of hydrogen-bond donors (Lipinski definition) is 1. The average Bonchev–Trinajstić information content (AvgIpc) is 3.42. The second-order valence-electron chi connectivity index (χ2n) is 8.41. The standard InChI is InChI=1S/C29H25N5/c1-2-34-28-17-8-6-15-26(28)31-29(34)32-30-18-23-20-33(27-16-7-5-14-25(23)27)19-22-12-9-11-21-10-3-4-13-24(21)22/h3-18,20H,2,19H2,1H3,(H,31,32)/b30-18-. The summed E-state index contributed by atoms with van der Waals surface area (Å²) < 4.78 is 4.44. The molecule has 0 aliphatic heterocycles. The van der Waals surface area contributed by atoms with Crippen molar-refractivity contribution in [3.63, 3.8) is 0 Å². The van der Waals surface area contributed by atoms with E-state index in [0.29, 0.717) is 0 Å². The van der Waals surface area contributed by atoms with Crippen LogP contribution in [0, 0.1) is 0 Å². The molecule has 0 bridgehead atoms. The summed E-state index contributed by atoms with van der Waals surface area (Å²) >= 11 is 0. The SMILES string of the molecule is CCn1c(N/N=C\c2cn(Cc3cccc4ccccc34)c3ccccc23)nc2ccccc21. The lowest BCUT2D eigenvalue weighted by Crippen LogP contribution is -2.01. The zero-order chi connectivity index (χ0) is 22.9. The third kappa shape index (κ3) is 3.52. The van der Waals surface area contributed by atoms with Gasteiger partial charge in [0.2, 0.25) is 5.95 Å². The van der Waals surface area contributed by atoms with Gasteiger partial charge in [-0.05, 0) is 41.5 Å². The number of nitrogens with zero attached hydrogens (tertiary/aromatic N) is 4. The number of para-hydroxylation sites is 3. The summed E-state index contributed by atoms with van der Waals surface area (Å²) in [6.07, 6.45) is 4.07. The summed E-state index contributed by atoms with van der Waals surface area (Å²) in [6.45, 7) is 3.74. The van der Waals surface area contributed by atoms with Gasteiger partial charge in [0.05, 0.1) is 17.2 Å². The summed E-state index contributed by atoms with van der Waals surface area (Å²) in [5.41, 5.74) is 8.80. The Morgan fingerprint density at radius 3 is 2.44 bits per heavy atom. The number of rotatable bonds is 6. The molecule has 4 aromatic carbocycles. The third-order valence-electron chi connectivity index (χ3n) is 6.38. The number of aryl methyl sites for hydroxylation is 1. The zero-order valence-electron chi connectivity index (χ0n) is 19.0. The molecule has 0 atom stereocenters. The predicted octanol–water partition coefficient (Wildman–Crippen LogP) is 6.66. The fraction of sp³-hybridized carbons (Fsp3) is 0.103. The maximum atomic E-state index is 4.70. The molecule has 6 aromatic rings. The fourth-order valence-corrected chi connectivity index (χ4v) is 4.76. The molecular weight excluding hydrogens is 418 g/mol. The smallest absolute Gasteiger partial charge is 0.224 e. The molecule has 166 valence electrons. The molecular formula is C29H25N5. The molecule has 2 aromatic heterocycles. The number of hydrazone groups is 1. The normalized spacial score (nSPS) is 11.8. The van der Waals surface area contributed by atoms with Crippen LogP contribution in [0.3, 0.4) is 0 Å². The Bertz CT molecular complexity index is 1650. The fourth-order valence-electron chi connectivity index (χ4n) is 4.76. The Morgan fingerprint density at radius 1 is 0.824 bits per heavy atom. The highest BCUT2D eigenvalue weighted by molar-refractivity contribution is 5.99. The van der Waals surface area contributed by atoms with Gasteiger partial charge in [0.1, 0.15) is 0 Å². The molecule has 0 saturated carbocycles. The maximum Gasteiger partial charge on any atom is 0.224 e. The van der Waals surface area contributed by atoms with Gasteiger partial charge in [-0.15, -0.1) is 0 Å². The largest absolute Gasteiger partial charge is 0.342 e. The molecule has 6 rings (SSSR count). The minimum atomic E-state index is 0.749. The van der Waals surface area contributed by atoms with Gasteiger partial charge in [-0.25, -0.2) is 10.4 Å². The highest BCUT2D eigenvalue weighted by atomic mass is 15.4. The number of benzene rings is 4. The van der Waals surface area contributed by atoms with Crippen LogP contribution in [-0.2, 0) is 13.1 Å². The Labute approximate surface area is 198 Å². The van der Waals surface area contributed by atoms with Gasteiger partial charge in [-0.2, -0.15) is 5.10 Å².